The van der Waals surface area contributed by atoms with Crippen LogP contribution in [0.1, 0.15) is 284 Å². The summed E-state index contributed by atoms with van der Waals surface area (Å²) in [5, 5.41) is 76.1. The van der Waals surface area contributed by atoms with Gasteiger partial charge < -0.3 is 50.5 Å². The van der Waals surface area contributed by atoms with Crippen LogP contribution in [0.5, 0.6) is 0 Å². The van der Waals surface area contributed by atoms with E-state index >= 15 is 0 Å². The zero-order valence-corrected chi connectivity index (χ0v) is 49.4. The lowest BCUT2D eigenvalue weighted by Gasteiger charge is -2.40. The summed E-state index contributed by atoms with van der Waals surface area (Å²) in [5.74, 6) is -0.712. The predicted molar refractivity (Wildman–Crippen MR) is 321 cm³/mol. The standard InChI is InChI=1S/C66H121NO10/c1-3-5-7-9-11-13-15-17-19-20-21-22-23-24-25-26-27-28-29-30-31-32-33-34-35-36-37-38-39-40-42-44-46-48-50-52-54-59(70)65(75)67-57(56-76-66-64(74)63(73)62(72)60(55-68)77-66)61(71)58(69)53-51-49-47-45-43-41-18-16-14-12-10-8-6-4-2/h8,10,16,18,25-26,28-29,45,47,57-64,66,68-74H,3-7,9,11-15,17,19-24,27,30-44,46,48-56H2,1-2H3,(H,67,75)/b10-8+,18-16+,26-25-,29-28-,47-45+. The van der Waals surface area contributed by atoms with E-state index in [-0.39, 0.29) is 12.8 Å². The van der Waals surface area contributed by atoms with E-state index in [0.717, 1.165) is 57.8 Å². The molecule has 9 atom stereocenters. The predicted octanol–water partition coefficient (Wildman–Crippen LogP) is 14.6. The van der Waals surface area contributed by atoms with Crippen LogP contribution < -0.4 is 5.32 Å². The molecule has 11 heteroatoms. The van der Waals surface area contributed by atoms with Crippen molar-refractivity contribution in [2.45, 2.75) is 339 Å². The van der Waals surface area contributed by atoms with E-state index in [9.17, 15) is 40.5 Å². The van der Waals surface area contributed by atoms with Crippen LogP contribution in [0.2, 0.25) is 0 Å². The summed E-state index contributed by atoms with van der Waals surface area (Å²) in [7, 11) is 0. The Morgan fingerprint density at radius 1 is 0.455 bits per heavy atom. The molecule has 1 fully saturated rings. The number of hydrogen-bond acceptors (Lipinski definition) is 10. The van der Waals surface area contributed by atoms with Crippen molar-refractivity contribution in [3.05, 3.63) is 60.8 Å². The highest BCUT2D eigenvalue weighted by molar-refractivity contribution is 5.80. The zero-order valence-electron chi connectivity index (χ0n) is 49.4. The van der Waals surface area contributed by atoms with Gasteiger partial charge in [-0.3, -0.25) is 4.79 Å². The number of unbranched alkanes of at least 4 members (excludes halogenated alkanes) is 33. The Morgan fingerprint density at radius 3 is 1.29 bits per heavy atom. The first-order chi connectivity index (χ1) is 37.7. The van der Waals surface area contributed by atoms with Gasteiger partial charge in [0.15, 0.2) is 6.29 Å². The minimum absolute atomic E-state index is 0.239. The molecule has 11 nitrogen and oxygen atoms in total. The summed E-state index contributed by atoms with van der Waals surface area (Å²) in [6, 6.07) is -1.20. The van der Waals surface area contributed by atoms with Crippen LogP contribution in [-0.4, -0.2) is 110 Å². The Kier molecular flexibility index (Phi) is 51.4. The van der Waals surface area contributed by atoms with Gasteiger partial charge in [-0.15, -0.1) is 0 Å². The van der Waals surface area contributed by atoms with Gasteiger partial charge in [-0.1, -0.05) is 254 Å². The molecule has 1 saturated heterocycles. The van der Waals surface area contributed by atoms with Gasteiger partial charge in [-0.2, -0.15) is 0 Å². The summed E-state index contributed by atoms with van der Waals surface area (Å²) in [6.07, 6.45) is 60.3. The van der Waals surface area contributed by atoms with Crippen molar-refractivity contribution in [2.24, 2.45) is 0 Å². The molecule has 8 N–H and O–H groups in total. The van der Waals surface area contributed by atoms with Crippen molar-refractivity contribution in [1.29, 1.82) is 0 Å². The van der Waals surface area contributed by atoms with Gasteiger partial charge in [-0.05, 0) is 89.9 Å². The first-order valence-electron chi connectivity index (χ1n) is 32.2. The van der Waals surface area contributed by atoms with Gasteiger partial charge in [-0.25, -0.2) is 0 Å². The summed E-state index contributed by atoms with van der Waals surface area (Å²) in [4.78, 5) is 13.2. The van der Waals surface area contributed by atoms with Crippen LogP contribution >= 0.6 is 0 Å². The number of allylic oxidation sites excluding steroid dienone is 10. The lowest BCUT2D eigenvalue weighted by molar-refractivity contribution is -0.303. The number of aliphatic hydroxyl groups excluding tert-OH is 7. The maximum absolute atomic E-state index is 13.2. The number of carbonyl (C=O) groups is 1. The van der Waals surface area contributed by atoms with Gasteiger partial charge in [0.25, 0.3) is 0 Å². The minimum Gasteiger partial charge on any atom is -0.394 e. The maximum atomic E-state index is 13.2. The largest absolute Gasteiger partial charge is 0.394 e. The van der Waals surface area contributed by atoms with Crippen molar-refractivity contribution >= 4 is 5.91 Å². The smallest absolute Gasteiger partial charge is 0.249 e. The number of nitrogens with one attached hydrogen (secondary N) is 1. The second-order valence-electron chi connectivity index (χ2n) is 22.5. The zero-order chi connectivity index (χ0) is 56.1. The van der Waals surface area contributed by atoms with E-state index in [2.05, 4.69) is 79.9 Å². The second kappa shape index (κ2) is 54.4. The van der Waals surface area contributed by atoms with Crippen molar-refractivity contribution in [3.63, 3.8) is 0 Å². The molecule has 0 radical (unpaired) electrons. The molecule has 77 heavy (non-hydrogen) atoms. The monoisotopic (exact) mass is 1090 g/mol. The average molecular weight is 1090 g/mol. The molecule has 0 bridgehead atoms. The number of aliphatic hydroxyl groups is 7. The van der Waals surface area contributed by atoms with E-state index < -0.39 is 74.2 Å². The molecule has 1 amide bonds. The van der Waals surface area contributed by atoms with Crippen molar-refractivity contribution in [2.75, 3.05) is 13.2 Å². The van der Waals surface area contributed by atoms with Gasteiger partial charge in [0.1, 0.15) is 36.6 Å². The minimum atomic E-state index is -1.67. The van der Waals surface area contributed by atoms with Gasteiger partial charge in [0.05, 0.1) is 25.4 Å². The van der Waals surface area contributed by atoms with Crippen LogP contribution in [0, 0.1) is 0 Å². The molecule has 0 aromatic heterocycles. The first kappa shape index (κ1) is 72.8. The van der Waals surface area contributed by atoms with Crippen LogP contribution in [0.3, 0.4) is 0 Å². The number of rotatable bonds is 55. The molecule has 9 unspecified atom stereocenters. The highest BCUT2D eigenvalue weighted by Gasteiger charge is 2.44. The number of hydrogen-bond donors (Lipinski definition) is 8. The molecule has 0 spiro atoms. The van der Waals surface area contributed by atoms with E-state index in [1.54, 1.807) is 0 Å². The third-order valence-electron chi connectivity index (χ3n) is 15.2. The molecule has 0 aliphatic carbocycles. The molecule has 450 valence electrons. The molecule has 0 aromatic carbocycles. The van der Waals surface area contributed by atoms with Crippen molar-refractivity contribution in [1.82, 2.24) is 5.32 Å². The van der Waals surface area contributed by atoms with E-state index in [4.69, 9.17) is 9.47 Å². The Hall–Kier alpha value is -2.19. The maximum Gasteiger partial charge on any atom is 0.249 e. The van der Waals surface area contributed by atoms with Gasteiger partial charge in [0.2, 0.25) is 5.91 Å². The van der Waals surface area contributed by atoms with E-state index in [1.165, 1.54) is 180 Å². The molecule has 1 heterocycles. The first-order valence-corrected chi connectivity index (χ1v) is 32.2. The Balaban J connectivity index is 2.16. The summed E-state index contributed by atoms with van der Waals surface area (Å²) in [6.45, 7) is 3.38. The topological polar surface area (TPSA) is 189 Å². The Bertz CT molecular complexity index is 1430. The lowest BCUT2D eigenvalue weighted by Crippen LogP contribution is -2.60. The summed E-state index contributed by atoms with van der Waals surface area (Å²) >= 11 is 0. The fourth-order valence-electron chi connectivity index (χ4n) is 10.0. The quantitative estimate of drug-likeness (QED) is 0.0215. The highest BCUT2D eigenvalue weighted by Crippen LogP contribution is 2.23. The number of carbonyl (C=O) groups excluding carboxylic acids is 1. The highest BCUT2D eigenvalue weighted by atomic mass is 16.7. The van der Waals surface area contributed by atoms with E-state index in [0.29, 0.717) is 19.3 Å². The number of amides is 1. The lowest BCUT2D eigenvalue weighted by atomic mass is 9.98. The van der Waals surface area contributed by atoms with E-state index in [1.807, 2.05) is 0 Å². The number of ether oxygens (including phenoxy) is 2. The van der Waals surface area contributed by atoms with Crippen LogP contribution in [0.15, 0.2) is 60.8 Å². The molecule has 1 aliphatic heterocycles. The van der Waals surface area contributed by atoms with Crippen molar-refractivity contribution in [3.8, 4) is 0 Å². The SMILES string of the molecule is CCC/C=C/CC/C=C/CC/C=C/CCCC(O)C(O)C(COC1OC(CO)C(O)C(O)C1O)NC(=O)C(O)CCCCCCCCCCCCCCCCCC/C=C\C/C=C\CCCCCCCCCCCCCCC. The van der Waals surface area contributed by atoms with Gasteiger partial charge >= 0.3 is 0 Å². The molecule has 1 rings (SSSR count). The molecule has 1 aliphatic rings. The normalized spacial score (nSPS) is 19.9. The fraction of sp³-hybridized carbons (Fsp3) is 0.833. The Labute approximate surface area is 472 Å². The van der Waals surface area contributed by atoms with Gasteiger partial charge in [0, 0.05) is 0 Å². The van der Waals surface area contributed by atoms with Crippen LogP contribution in [0.4, 0.5) is 0 Å². The molecular weight excluding hydrogens is 967 g/mol. The molecule has 0 aromatic rings. The second-order valence-corrected chi connectivity index (χ2v) is 22.5. The molecular formula is C66H121NO10. The average Bonchev–Trinajstić information content (AvgIpc) is 3.43. The fourth-order valence-corrected chi connectivity index (χ4v) is 10.0. The van der Waals surface area contributed by atoms with Crippen LogP contribution in [0.25, 0.3) is 0 Å². The summed E-state index contributed by atoms with van der Waals surface area (Å²) in [5.41, 5.74) is 0. The Morgan fingerprint density at radius 2 is 0.844 bits per heavy atom. The third kappa shape index (κ3) is 42.3. The molecule has 0 saturated carbocycles. The summed E-state index contributed by atoms with van der Waals surface area (Å²) < 4.78 is 11.1. The van der Waals surface area contributed by atoms with Crippen LogP contribution in [-0.2, 0) is 14.3 Å². The third-order valence-corrected chi connectivity index (χ3v) is 15.2. The van der Waals surface area contributed by atoms with Crippen molar-refractivity contribution < 1.29 is 50.0 Å².